The zero-order valence-electron chi connectivity index (χ0n) is 17.1. The first-order valence-electron chi connectivity index (χ1n) is 9.98. The average molecular weight is 422 g/mol. The molecule has 1 aromatic heterocycles. The van der Waals surface area contributed by atoms with Crippen molar-refractivity contribution >= 4 is 28.3 Å². The minimum Gasteiger partial charge on any atom is -0.494 e. The zero-order valence-corrected chi connectivity index (χ0v) is 17.9. The average Bonchev–Trinajstić information content (AvgIpc) is 3.10. The van der Waals surface area contributed by atoms with Gasteiger partial charge in [-0.1, -0.05) is 0 Å². The molecule has 0 bridgehead atoms. The van der Waals surface area contributed by atoms with E-state index in [-0.39, 0.29) is 5.57 Å². The molecule has 0 spiro atoms. The molecule has 3 rings (SSSR count). The number of hydrogen-bond donors (Lipinski definition) is 1. The second-order valence-electron chi connectivity index (χ2n) is 6.72. The molecule has 1 amide bonds. The van der Waals surface area contributed by atoms with Gasteiger partial charge in [0, 0.05) is 16.5 Å². The Hall–Kier alpha value is -3.29. The molecule has 154 valence electrons. The first-order chi connectivity index (χ1) is 14.6. The van der Waals surface area contributed by atoms with Crippen LogP contribution in [-0.2, 0) is 17.6 Å². The molecule has 0 saturated heterocycles. The summed E-state index contributed by atoms with van der Waals surface area (Å²) in [5, 5.41) is 22.4. The SMILES string of the molecule is CCOc1ccc(C=C(C#N)C(=O)Nc2sc3c(c2C#N)CCCC3)c(OCC)c1. The summed E-state index contributed by atoms with van der Waals surface area (Å²) >= 11 is 1.44. The fourth-order valence-electron chi connectivity index (χ4n) is 3.42. The molecular weight excluding hydrogens is 398 g/mol. The van der Waals surface area contributed by atoms with E-state index >= 15 is 0 Å². The predicted molar refractivity (Wildman–Crippen MR) is 117 cm³/mol. The van der Waals surface area contributed by atoms with Gasteiger partial charge in [0.1, 0.15) is 34.2 Å². The van der Waals surface area contributed by atoms with Crippen molar-refractivity contribution < 1.29 is 14.3 Å². The van der Waals surface area contributed by atoms with Gasteiger partial charge in [0.05, 0.1) is 18.8 Å². The number of nitrogens with one attached hydrogen (secondary N) is 1. The fourth-order valence-corrected chi connectivity index (χ4v) is 4.65. The minimum absolute atomic E-state index is 0.0598. The third kappa shape index (κ3) is 4.64. The number of ether oxygens (including phenoxy) is 2. The van der Waals surface area contributed by atoms with Crippen molar-refractivity contribution in [2.24, 2.45) is 0 Å². The molecule has 1 N–H and O–H groups in total. The van der Waals surface area contributed by atoms with Crippen LogP contribution in [0.1, 0.15) is 48.3 Å². The molecule has 0 atom stereocenters. The highest BCUT2D eigenvalue weighted by Crippen LogP contribution is 2.38. The van der Waals surface area contributed by atoms with Crippen LogP contribution in [0.3, 0.4) is 0 Å². The number of aryl methyl sites for hydroxylation is 1. The second kappa shape index (κ2) is 9.96. The molecule has 0 aliphatic heterocycles. The molecule has 0 radical (unpaired) electrons. The van der Waals surface area contributed by atoms with E-state index in [0.717, 1.165) is 36.1 Å². The number of hydrogen-bond acceptors (Lipinski definition) is 6. The third-order valence-electron chi connectivity index (χ3n) is 4.77. The maximum Gasteiger partial charge on any atom is 0.266 e. The number of anilines is 1. The quantitative estimate of drug-likeness (QED) is 0.510. The number of fused-ring (bicyclic) bond motifs is 1. The highest BCUT2D eigenvalue weighted by Gasteiger charge is 2.23. The van der Waals surface area contributed by atoms with E-state index < -0.39 is 5.91 Å². The Morgan fingerprint density at radius 2 is 1.97 bits per heavy atom. The van der Waals surface area contributed by atoms with Gasteiger partial charge < -0.3 is 14.8 Å². The van der Waals surface area contributed by atoms with Crippen molar-refractivity contribution in [1.82, 2.24) is 0 Å². The largest absolute Gasteiger partial charge is 0.494 e. The summed E-state index contributed by atoms with van der Waals surface area (Å²) in [7, 11) is 0. The normalized spacial score (nSPS) is 13.0. The molecule has 30 heavy (non-hydrogen) atoms. The third-order valence-corrected chi connectivity index (χ3v) is 5.98. The molecule has 1 aromatic carbocycles. The van der Waals surface area contributed by atoms with Gasteiger partial charge in [-0.25, -0.2) is 0 Å². The van der Waals surface area contributed by atoms with Gasteiger partial charge in [-0.3, -0.25) is 4.79 Å². The Labute approximate surface area is 180 Å². The lowest BCUT2D eigenvalue weighted by Gasteiger charge is -2.11. The van der Waals surface area contributed by atoms with E-state index in [1.165, 1.54) is 17.4 Å². The lowest BCUT2D eigenvalue weighted by Crippen LogP contribution is -2.13. The highest BCUT2D eigenvalue weighted by molar-refractivity contribution is 7.16. The van der Waals surface area contributed by atoms with Crippen molar-refractivity contribution in [3.8, 4) is 23.6 Å². The van der Waals surface area contributed by atoms with Crippen LogP contribution in [0, 0.1) is 22.7 Å². The van der Waals surface area contributed by atoms with Gasteiger partial charge in [0.25, 0.3) is 5.91 Å². The summed E-state index contributed by atoms with van der Waals surface area (Å²) in [6.45, 7) is 4.72. The Morgan fingerprint density at radius 3 is 2.67 bits per heavy atom. The number of nitrogens with zero attached hydrogens (tertiary/aromatic N) is 2. The van der Waals surface area contributed by atoms with Crippen LogP contribution in [0.5, 0.6) is 11.5 Å². The smallest absolute Gasteiger partial charge is 0.266 e. The molecule has 1 aliphatic carbocycles. The molecule has 1 aliphatic rings. The van der Waals surface area contributed by atoms with Crippen molar-refractivity contribution in [2.75, 3.05) is 18.5 Å². The van der Waals surface area contributed by atoms with Crippen LogP contribution in [0.25, 0.3) is 6.08 Å². The fraction of sp³-hybridized carbons (Fsp3) is 0.348. The van der Waals surface area contributed by atoms with Gasteiger partial charge in [0.15, 0.2) is 0 Å². The van der Waals surface area contributed by atoms with E-state index in [2.05, 4.69) is 11.4 Å². The summed E-state index contributed by atoms with van der Waals surface area (Å²) in [5.41, 5.74) is 2.11. The van der Waals surface area contributed by atoms with E-state index in [1.54, 1.807) is 18.2 Å². The van der Waals surface area contributed by atoms with E-state index in [4.69, 9.17) is 9.47 Å². The van der Waals surface area contributed by atoms with Crippen LogP contribution in [0.4, 0.5) is 5.00 Å². The maximum atomic E-state index is 12.8. The summed E-state index contributed by atoms with van der Waals surface area (Å²) in [5.74, 6) is 0.654. The number of thiophene rings is 1. The molecule has 0 saturated carbocycles. The van der Waals surface area contributed by atoms with Crippen LogP contribution >= 0.6 is 11.3 Å². The topological polar surface area (TPSA) is 95.1 Å². The first kappa shape index (κ1) is 21.4. The number of nitriles is 2. The monoisotopic (exact) mass is 421 g/mol. The molecular formula is C23H23N3O3S. The summed E-state index contributed by atoms with van der Waals surface area (Å²) in [4.78, 5) is 14.0. The van der Waals surface area contributed by atoms with E-state index in [0.29, 0.717) is 40.8 Å². The molecule has 1 heterocycles. The van der Waals surface area contributed by atoms with Gasteiger partial charge >= 0.3 is 0 Å². The summed E-state index contributed by atoms with van der Waals surface area (Å²) in [6.07, 6.45) is 5.42. The van der Waals surface area contributed by atoms with Crippen LogP contribution < -0.4 is 14.8 Å². The second-order valence-corrected chi connectivity index (χ2v) is 7.82. The standard InChI is InChI=1S/C23H23N3O3S/c1-3-28-17-10-9-15(20(12-17)29-4-2)11-16(13-24)22(27)26-23-19(14-25)18-7-5-6-8-21(18)30-23/h9-12H,3-8H2,1-2H3,(H,26,27). The Morgan fingerprint density at radius 1 is 1.20 bits per heavy atom. The molecule has 0 unspecified atom stereocenters. The Bertz CT molecular complexity index is 1060. The van der Waals surface area contributed by atoms with Crippen molar-refractivity contribution in [2.45, 2.75) is 39.5 Å². The first-order valence-corrected chi connectivity index (χ1v) is 10.8. The van der Waals surface area contributed by atoms with Crippen molar-refractivity contribution in [3.63, 3.8) is 0 Å². The Kier molecular flexibility index (Phi) is 7.11. The van der Waals surface area contributed by atoms with Crippen LogP contribution in [-0.4, -0.2) is 19.1 Å². The van der Waals surface area contributed by atoms with Gasteiger partial charge in [0.2, 0.25) is 0 Å². The number of carbonyl (C=O) groups excluding carboxylic acids is 1. The minimum atomic E-state index is -0.538. The lowest BCUT2D eigenvalue weighted by molar-refractivity contribution is -0.112. The summed E-state index contributed by atoms with van der Waals surface area (Å²) in [6, 6.07) is 9.45. The van der Waals surface area contributed by atoms with Crippen LogP contribution in [0.2, 0.25) is 0 Å². The number of benzene rings is 1. The molecule has 7 heteroatoms. The number of rotatable bonds is 7. The maximum absolute atomic E-state index is 12.8. The molecule has 2 aromatic rings. The number of carbonyl (C=O) groups is 1. The number of amides is 1. The van der Waals surface area contributed by atoms with Crippen LogP contribution in [0.15, 0.2) is 23.8 Å². The predicted octanol–water partition coefficient (Wildman–Crippen LogP) is 4.84. The highest BCUT2D eigenvalue weighted by atomic mass is 32.1. The summed E-state index contributed by atoms with van der Waals surface area (Å²) < 4.78 is 11.1. The van der Waals surface area contributed by atoms with Crippen molar-refractivity contribution in [1.29, 1.82) is 10.5 Å². The van der Waals surface area contributed by atoms with Gasteiger partial charge in [-0.2, -0.15) is 10.5 Å². The zero-order chi connectivity index (χ0) is 21.5. The van der Waals surface area contributed by atoms with Gasteiger partial charge in [-0.05, 0) is 63.3 Å². The van der Waals surface area contributed by atoms with E-state index in [1.807, 2.05) is 19.9 Å². The lowest BCUT2D eigenvalue weighted by atomic mass is 9.96. The molecule has 6 nitrogen and oxygen atoms in total. The van der Waals surface area contributed by atoms with Gasteiger partial charge in [-0.15, -0.1) is 11.3 Å². The molecule has 0 fully saturated rings. The van der Waals surface area contributed by atoms with Crippen molar-refractivity contribution in [3.05, 3.63) is 45.3 Å². The Balaban J connectivity index is 1.89. The van der Waals surface area contributed by atoms with E-state index in [9.17, 15) is 15.3 Å².